The average Bonchev–Trinajstić information content (AvgIpc) is 2.61. The van der Waals surface area contributed by atoms with Crippen LogP contribution in [0.1, 0.15) is 12.6 Å². The van der Waals surface area contributed by atoms with Crippen molar-refractivity contribution in [3.8, 4) is 11.5 Å². The number of likely N-dealkylation sites (N-methyl/N-ethyl adjacent to an activating group) is 1. The fraction of sp³-hybridized carbons (Fsp3) is 0.353. The highest BCUT2D eigenvalue weighted by Gasteiger charge is 2.16. The Labute approximate surface area is 145 Å². The summed E-state index contributed by atoms with van der Waals surface area (Å²) in [5, 5.41) is 2.73. The maximum absolute atomic E-state index is 14.3. The van der Waals surface area contributed by atoms with Gasteiger partial charge in [-0.05, 0) is 6.42 Å². The van der Waals surface area contributed by atoms with Crippen molar-refractivity contribution in [2.75, 3.05) is 38.0 Å². The van der Waals surface area contributed by atoms with Gasteiger partial charge in [0.25, 0.3) is 0 Å². The van der Waals surface area contributed by atoms with Gasteiger partial charge >= 0.3 is 0 Å². The number of amides is 1. The van der Waals surface area contributed by atoms with Crippen molar-refractivity contribution in [2.45, 2.75) is 13.3 Å². The Morgan fingerprint density at radius 1 is 1.20 bits per heavy atom. The van der Waals surface area contributed by atoms with Crippen molar-refractivity contribution in [3.63, 3.8) is 0 Å². The van der Waals surface area contributed by atoms with Crippen LogP contribution in [0.5, 0.6) is 11.5 Å². The number of carbonyl (C=O) groups excluding carboxylic acids is 1. The van der Waals surface area contributed by atoms with E-state index in [1.807, 2.05) is 0 Å². The Morgan fingerprint density at radius 2 is 1.84 bits per heavy atom. The minimum absolute atomic E-state index is 0.0728. The lowest BCUT2D eigenvalue weighted by Gasteiger charge is -2.19. The van der Waals surface area contributed by atoms with E-state index < -0.39 is 5.82 Å². The average molecular weight is 348 g/mol. The number of aromatic nitrogens is 2. The Balaban J connectivity index is 2.10. The van der Waals surface area contributed by atoms with Gasteiger partial charge in [0.1, 0.15) is 17.8 Å². The van der Waals surface area contributed by atoms with E-state index in [1.54, 1.807) is 32.2 Å². The van der Waals surface area contributed by atoms with Crippen molar-refractivity contribution < 1.29 is 18.7 Å². The molecule has 8 heteroatoms. The third-order valence-electron chi connectivity index (χ3n) is 3.56. The SMILES string of the molecule is CCc1ncnc(N(C)CC(=O)Nc2cc(OC)cc(OC)c2)c1F. The molecule has 1 amide bonds. The van der Waals surface area contributed by atoms with E-state index in [0.29, 0.717) is 29.3 Å². The van der Waals surface area contributed by atoms with Crippen LogP contribution in [0.3, 0.4) is 0 Å². The molecule has 2 rings (SSSR count). The summed E-state index contributed by atoms with van der Waals surface area (Å²) in [4.78, 5) is 21.5. The molecule has 0 saturated heterocycles. The molecule has 1 heterocycles. The maximum Gasteiger partial charge on any atom is 0.243 e. The second-order valence-corrected chi connectivity index (χ2v) is 5.32. The second kappa shape index (κ2) is 8.27. The summed E-state index contributed by atoms with van der Waals surface area (Å²) >= 11 is 0. The first-order valence-corrected chi connectivity index (χ1v) is 7.71. The molecule has 0 spiro atoms. The molecule has 25 heavy (non-hydrogen) atoms. The molecule has 0 aliphatic heterocycles. The van der Waals surface area contributed by atoms with Gasteiger partial charge in [-0.2, -0.15) is 0 Å². The van der Waals surface area contributed by atoms with Crippen LogP contribution in [-0.2, 0) is 11.2 Å². The number of methoxy groups -OCH3 is 2. The van der Waals surface area contributed by atoms with Gasteiger partial charge < -0.3 is 19.7 Å². The summed E-state index contributed by atoms with van der Waals surface area (Å²) in [7, 11) is 4.64. The quantitative estimate of drug-likeness (QED) is 0.827. The number of hydrogen-bond acceptors (Lipinski definition) is 6. The molecular formula is C17H21FN4O3. The van der Waals surface area contributed by atoms with Gasteiger partial charge in [-0.15, -0.1) is 0 Å². The molecule has 0 unspecified atom stereocenters. The largest absolute Gasteiger partial charge is 0.497 e. The standard InChI is InChI=1S/C17H21FN4O3/c1-5-14-16(18)17(20-10-19-14)22(2)9-15(23)21-11-6-12(24-3)8-13(7-11)25-4/h6-8,10H,5,9H2,1-4H3,(H,21,23). The van der Waals surface area contributed by atoms with Crippen LogP contribution in [0, 0.1) is 5.82 Å². The second-order valence-electron chi connectivity index (χ2n) is 5.32. The van der Waals surface area contributed by atoms with Crippen LogP contribution >= 0.6 is 0 Å². The lowest BCUT2D eigenvalue weighted by Crippen LogP contribution is -2.31. The third-order valence-corrected chi connectivity index (χ3v) is 3.56. The van der Waals surface area contributed by atoms with E-state index in [0.717, 1.165) is 0 Å². The fourth-order valence-corrected chi connectivity index (χ4v) is 2.28. The van der Waals surface area contributed by atoms with E-state index in [9.17, 15) is 9.18 Å². The smallest absolute Gasteiger partial charge is 0.243 e. The molecule has 0 fully saturated rings. The number of ether oxygens (including phenoxy) is 2. The highest BCUT2D eigenvalue weighted by molar-refractivity contribution is 5.94. The molecule has 1 aromatic heterocycles. The minimum Gasteiger partial charge on any atom is -0.497 e. The van der Waals surface area contributed by atoms with E-state index in [4.69, 9.17) is 9.47 Å². The lowest BCUT2D eigenvalue weighted by molar-refractivity contribution is -0.114. The Hall–Kier alpha value is -2.90. The van der Waals surface area contributed by atoms with E-state index in [-0.39, 0.29) is 18.3 Å². The zero-order chi connectivity index (χ0) is 18.4. The minimum atomic E-state index is -0.511. The van der Waals surface area contributed by atoms with Gasteiger partial charge in [-0.1, -0.05) is 6.92 Å². The topological polar surface area (TPSA) is 76.6 Å². The number of rotatable bonds is 7. The van der Waals surface area contributed by atoms with Crippen molar-refractivity contribution in [1.29, 1.82) is 0 Å². The van der Waals surface area contributed by atoms with Crippen molar-refractivity contribution in [2.24, 2.45) is 0 Å². The summed E-state index contributed by atoms with van der Waals surface area (Å²) in [5.41, 5.74) is 0.835. The molecule has 7 nitrogen and oxygen atoms in total. The van der Waals surface area contributed by atoms with Gasteiger partial charge in [-0.3, -0.25) is 4.79 Å². The first-order valence-electron chi connectivity index (χ1n) is 7.71. The summed E-state index contributed by atoms with van der Waals surface area (Å²) in [5.74, 6) is 0.359. The predicted molar refractivity (Wildman–Crippen MR) is 92.8 cm³/mol. The highest BCUT2D eigenvalue weighted by Crippen LogP contribution is 2.25. The van der Waals surface area contributed by atoms with Crippen molar-refractivity contribution in [3.05, 3.63) is 36.0 Å². The molecule has 0 atom stereocenters. The number of anilines is 2. The van der Waals surface area contributed by atoms with Crippen LogP contribution in [-0.4, -0.2) is 43.7 Å². The fourth-order valence-electron chi connectivity index (χ4n) is 2.28. The summed E-state index contributed by atoms with van der Waals surface area (Å²) in [6, 6.07) is 5.03. The van der Waals surface area contributed by atoms with Crippen LogP contribution in [0.4, 0.5) is 15.9 Å². The Bertz CT molecular complexity index is 732. The van der Waals surface area contributed by atoms with Crippen LogP contribution in [0.2, 0.25) is 0 Å². The van der Waals surface area contributed by atoms with Crippen LogP contribution in [0.25, 0.3) is 0 Å². The van der Waals surface area contributed by atoms with Crippen LogP contribution in [0.15, 0.2) is 24.5 Å². The lowest BCUT2D eigenvalue weighted by atomic mass is 10.2. The Morgan fingerprint density at radius 3 is 2.40 bits per heavy atom. The summed E-state index contributed by atoms with van der Waals surface area (Å²) < 4.78 is 24.6. The zero-order valence-electron chi connectivity index (χ0n) is 14.7. The molecule has 0 aliphatic rings. The third kappa shape index (κ3) is 4.56. The first kappa shape index (κ1) is 18.4. The number of carbonyl (C=O) groups is 1. The highest BCUT2D eigenvalue weighted by atomic mass is 19.1. The number of aryl methyl sites for hydroxylation is 1. The molecular weight excluding hydrogens is 327 g/mol. The molecule has 0 bridgehead atoms. The van der Waals surface area contributed by atoms with Crippen molar-refractivity contribution in [1.82, 2.24) is 9.97 Å². The number of benzene rings is 1. The van der Waals surface area contributed by atoms with Crippen LogP contribution < -0.4 is 19.7 Å². The number of halogens is 1. The summed E-state index contributed by atoms with van der Waals surface area (Å²) in [6.07, 6.45) is 1.74. The first-order chi connectivity index (χ1) is 12.0. The molecule has 1 N–H and O–H groups in total. The maximum atomic E-state index is 14.3. The van der Waals surface area contributed by atoms with Gasteiger partial charge in [-0.25, -0.2) is 14.4 Å². The van der Waals surface area contributed by atoms with Gasteiger partial charge in [0, 0.05) is 30.9 Å². The van der Waals surface area contributed by atoms with Gasteiger partial charge in [0.2, 0.25) is 5.91 Å². The monoisotopic (exact) mass is 348 g/mol. The van der Waals surface area contributed by atoms with E-state index >= 15 is 0 Å². The molecule has 0 aliphatic carbocycles. The Kier molecular flexibility index (Phi) is 6.10. The number of nitrogens with one attached hydrogen (secondary N) is 1. The number of hydrogen-bond donors (Lipinski definition) is 1. The summed E-state index contributed by atoms with van der Waals surface area (Å²) in [6.45, 7) is 1.73. The molecule has 2 aromatic rings. The normalized spacial score (nSPS) is 10.3. The molecule has 0 radical (unpaired) electrons. The molecule has 1 aromatic carbocycles. The van der Waals surface area contributed by atoms with Gasteiger partial charge in [0.15, 0.2) is 11.6 Å². The van der Waals surface area contributed by atoms with Gasteiger partial charge in [0.05, 0.1) is 26.5 Å². The van der Waals surface area contributed by atoms with E-state index in [2.05, 4.69) is 15.3 Å². The molecule has 134 valence electrons. The number of nitrogens with zero attached hydrogens (tertiary/aromatic N) is 3. The zero-order valence-corrected chi connectivity index (χ0v) is 14.7. The predicted octanol–water partition coefficient (Wildman–Crippen LogP) is 2.27. The van der Waals surface area contributed by atoms with E-state index in [1.165, 1.54) is 25.4 Å². The van der Waals surface area contributed by atoms with Crippen molar-refractivity contribution >= 4 is 17.4 Å². The molecule has 0 saturated carbocycles.